The number of rotatable bonds is 8. The number of benzene rings is 2. The van der Waals surface area contributed by atoms with E-state index in [1.807, 2.05) is 21.0 Å². The number of nitrogens with zero attached hydrogens (tertiary/aromatic N) is 2. The molecule has 0 aliphatic rings. The van der Waals surface area contributed by atoms with Crippen LogP contribution in [0, 0.1) is 5.82 Å². The van der Waals surface area contributed by atoms with E-state index in [0.717, 1.165) is 24.9 Å². The molecule has 5 nitrogen and oxygen atoms in total. The molecule has 0 N–H and O–H groups in total. The zero-order chi connectivity index (χ0) is 20.3. The average molecular weight is 405 g/mol. The Morgan fingerprint density at radius 3 is 2.61 bits per heavy atom. The lowest BCUT2D eigenvalue weighted by Crippen LogP contribution is -2.16. The van der Waals surface area contributed by atoms with Crippen LogP contribution in [0.4, 0.5) is 4.39 Å². The first-order chi connectivity index (χ1) is 13.3. The molecule has 0 spiro atoms. The minimum absolute atomic E-state index is 0.147. The molecular weight excluding hydrogens is 379 g/mol. The molecule has 7 heteroatoms. The van der Waals surface area contributed by atoms with Crippen LogP contribution in [0.1, 0.15) is 18.9 Å². The largest absolute Gasteiger partial charge is 0.493 e. The topological polar surface area (TPSA) is 51.5 Å². The summed E-state index contributed by atoms with van der Waals surface area (Å²) in [5, 5.41) is 0.536. The zero-order valence-electron chi connectivity index (χ0n) is 16.4. The molecule has 0 atom stereocenters. The first kappa shape index (κ1) is 20.4. The number of halogens is 1. The summed E-state index contributed by atoms with van der Waals surface area (Å²) in [4.78, 5) is 2.22. The van der Waals surface area contributed by atoms with Crippen LogP contribution in [0.2, 0.25) is 0 Å². The molecule has 28 heavy (non-hydrogen) atoms. The zero-order valence-corrected chi connectivity index (χ0v) is 17.2. The number of aromatic nitrogens is 1. The fraction of sp³-hybridized carbons (Fsp3) is 0.333. The predicted molar refractivity (Wildman–Crippen MR) is 109 cm³/mol. The van der Waals surface area contributed by atoms with Crippen LogP contribution in [-0.4, -0.2) is 44.5 Å². The summed E-state index contributed by atoms with van der Waals surface area (Å²) in [5.74, 6) is 0.188. The predicted octanol–water partition coefficient (Wildman–Crippen LogP) is 3.91. The molecule has 0 radical (unpaired) electrons. The second kappa shape index (κ2) is 8.32. The Labute approximate surface area is 165 Å². The lowest BCUT2D eigenvalue weighted by Gasteiger charge is -2.15. The van der Waals surface area contributed by atoms with Crippen molar-refractivity contribution in [1.82, 2.24) is 8.87 Å². The average Bonchev–Trinajstić information content (AvgIpc) is 3.08. The minimum atomic E-state index is -3.82. The van der Waals surface area contributed by atoms with E-state index in [2.05, 4.69) is 4.90 Å². The SMILES string of the molecule is CCc1ccc(S(=O)(=O)n2ccc3cc(F)ccc32)cc1OCCCN(C)C. The number of ether oxygens (including phenoxy) is 1. The van der Waals surface area contributed by atoms with Gasteiger partial charge < -0.3 is 9.64 Å². The van der Waals surface area contributed by atoms with Crippen molar-refractivity contribution < 1.29 is 17.5 Å². The van der Waals surface area contributed by atoms with Crippen molar-refractivity contribution in [3.8, 4) is 5.75 Å². The van der Waals surface area contributed by atoms with E-state index < -0.39 is 15.8 Å². The molecule has 0 amide bonds. The van der Waals surface area contributed by atoms with Crippen LogP contribution in [0.3, 0.4) is 0 Å². The molecule has 2 aromatic carbocycles. The smallest absolute Gasteiger partial charge is 0.268 e. The van der Waals surface area contributed by atoms with Gasteiger partial charge in [0.2, 0.25) is 0 Å². The highest BCUT2D eigenvalue weighted by Crippen LogP contribution is 2.28. The molecular formula is C21H25FN2O3S. The van der Waals surface area contributed by atoms with Gasteiger partial charge in [0.05, 0.1) is 17.0 Å². The molecule has 150 valence electrons. The number of aryl methyl sites for hydroxylation is 1. The summed E-state index contributed by atoms with van der Waals surface area (Å²) in [5.41, 5.74) is 1.40. The van der Waals surface area contributed by atoms with Crippen molar-refractivity contribution in [3.05, 3.63) is 60.0 Å². The van der Waals surface area contributed by atoms with Gasteiger partial charge in [-0.15, -0.1) is 0 Å². The highest BCUT2D eigenvalue weighted by atomic mass is 32.2. The Morgan fingerprint density at radius 2 is 1.89 bits per heavy atom. The molecule has 0 bridgehead atoms. The highest BCUT2D eigenvalue weighted by Gasteiger charge is 2.21. The maximum absolute atomic E-state index is 13.4. The van der Waals surface area contributed by atoms with Crippen molar-refractivity contribution in [2.75, 3.05) is 27.2 Å². The number of hydrogen-bond donors (Lipinski definition) is 0. The van der Waals surface area contributed by atoms with E-state index in [1.54, 1.807) is 24.3 Å². The molecule has 0 aliphatic heterocycles. The Morgan fingerprint density at radius 1 is 1.11 bits per heavy atom. The summed E-state index contributed by atoms with van der Waals surface area (Å²) < 4.78 is 46.8. The molecule has 3 rings (SSSR count). The maximum atomic E-state index is 13.4. The fourth-order valence-electron chi connectivity index (χ4n) is 3.10. The first-order valence-corrected chi connectivity index (χ1v) is 10.7. The Hall–Kier alpha value is -2.38. The van der Waals surface area contributed by atoms with Gasteiger partial charge in [-0.05, 0) is 62.8 Å². The lowest BCUT2D eigenvalue weighted by atomic mass is 10.1. The van der Waals surface area contributed by atoms with Gasteiger partial charge >= 0.3 is 0 Å². The Balaban J connectivity index is 1.93. The van der Waals surface area contributed by atoms with E-state index in [9.17, 15) is 12.8 Å². The van der Waals surface area contributed by atoms with Crippen LogP contribution in [0.5, 0.6) is 5.75 Å². The Bertz CT molecular complexity index is 1070. The lowest BCUT2D eigenvalue weighted by molar-refractivity contribution is 0.279. The van der Waals surface area contributed by atoms with Crippen LogP contribution >= 0.6 is 0 Å². The summed E-state index contributed by atoms with van der Waals surface area (Å²) in [6.45, 7) is 3.41. The molecule has 0 fully saturated rings. The van der Waals surface area contributed by atoms with Gasteiger partial charge in [-0.25, -0.2) is 16.8 Å². The van der Waals surface area contributed by atoms with Gasteiger partial charge in [0.15, 0.2) is 0 Å². The number of hydrogen-bond acceptors (Lipinski definition) is 4. The molecule has 1 aromatic heterocycles. The first-order valence-electron chi connectivity index (χ1n) is 9.25. The van der Waals surface area contributed by atoms with Crippen molar-refractivity contribution in [1.29, 1.82) is 0 Å². The van der Waals surface area contributed by atoms with Crippen LogP contribution in [0.15, 0.2) is 53.6 Å². The standard InChI is InChI=1S/C21H25FN2O3S/c1-4-16-6-8-19(15-21(16)27-13-5-11-23(2)3)28(25,26)24-12-10-17-14-18(22)7-9-20(17)24/h6-10,12,14-15H,4-5,11,13H2,1-3H3. The van der Waals surface area contributed by atoms with E-state index in [1.165, 1.54) is 28.4 Å². The van der Waals surface area contributed by atoms with Crippen molar-refractivity contribution in [2.24, 2.45) is 0 Å². The summed E-state index contributed by atoms with van der Waals surface area (Å²) >= 11 is 0. The molecule has 1 heterocycles. The van der Waals surface area contributed by atoms with Crippen LogP contribution in [-0.2, 0) is 16.4 Å². The van der Waals surface area contributed by atoms with Crippen molar-refractivity contribution >= 4 is 20.9 Å². The van der Waals surface area contributed by atoms with E-state index in [0.29, 0.717) is 23.3 Å². The number of fused-ring (bicyclic) bond motifs is 1. The van der Waals surface area contributed by atoms with Crippen LogP contribution in [0.25, 0.3) is 10.9 Å². The summed E-state index contributed by atoms with van der Waals surface area (Å²) in [6.07, 6.45) is 3.04. The molecule has 0 aliphatic carbocycles. The van der Waals surface area contributed by atoms with Gasteiger partial charge in [-0.1, -0.05) is 13.0 Å². The van der Waals surface area contributed by atoms with E-state index in [-0.39, 0.29) is 4.90 Å². The maximum Gasteiger partial charge on any atom is 0.268 e. The van der Waals surface area contributed by atoms with Gasteiger partial charge in [-0.3, -0.25) is 0 Å². The van der Waals surface area contributed by atoms with Gasteiger partial charge in [-0.2, -0.15) is 0 Å². The third kappa shape index (κ3) is 4.20. The van der Waals surface area contributed by atoms with Crippen molar-refractivity contribution in [2.45, 2.75) is 24.7 Å². The molecule has 0 unspecified atom stereocenters. The van der Waals surface area contributed by atoms with E-state index >= 15 is 0 Å². The Kier molecular flexibility index (Phi) is 6.05. The van der Waals surface area contributed by atoms with Crippen molar-refractivity contribution in [3.63, 3.8) is 0 Å². The second-order valence-electron chi connectivity index (χ2n) is 6.95. The molecule has 3 aromatic rings. The van der Waals surface area contributed by atoms with Gasteiger partial charge in [0.25, 0.3) is 10.0 Å². The molecule has 0 saturated heterocycles. The van der Waals surface area contributed by atoms with E-state index in [4.69, 9.17) is 4.74 Å². The third-order valence-electron chi connectivity index (χ3n) is 4.60. The summed E-state index contributed by atoms with van der Waals surface area (Å²) in [6, 6.07) is 10.6. The minimum Gasteiger partial charge on any atom is -0.493 e. The third-order valence-corrected chi connectivity index (χ3v) is 6.29. The quantitative estimate of drug-likeness (QED) is 0.534. The monoisotopic (exact) mass is 404 g/mol. The normalized spacial score (nSPS) is 12.0. The van der Waals surface area contributed by atoms with Gasteiger partial charge in [0, 0.05) is 24.2 Å². The van der Waals surface area contributed by atoms with Gasteiger partial charge in [0.1, 0.15) is 11.6 Å². The molecule has 0 saturated carbocycles. The highest BCUT2D eigenvalue weighted by molar-refractivity contribution is 7.90. The second-order valence-corrected chi connectivity index (χ2v) is 8.76. The summed E-state index contributed by atoms with van der Waals surface area (Å²) in [7, 11) is 0.175. The van der Waals surface area contributed by atoms with Crippen LogP contribution < -0.4 is 4.74 Å². The fourth-order valence-corrected chi connectivity index (χ4v) is 4.47.